The van der Waals surface area contributed by atoms with Gasteiger partial charge in [0.25, 0.3) is 5.91 Å². The Morgan fingerprint density at radius 2 is 2.19 bits per heavy atom. The lowest BCUT2D eigenvalue weighted by Gasteiger charge is -2.15. The van der Waals surface area contributed by atoms with Gasteiger partial charge < -0.3 is 16.0 Å². The minimum Gasteiger partial charge on any atom is -0.355 e. The highest BCUT2D eigenvalue weighted by molar-refractivity contribution is 14.0. The number of guanidine groups is 1. The number of carbonyl (C=O) groups excluding carboxylic acids is 1. The normalized spacial score (nSPS) is 18.0. The predicted octanol–water partition coefficient (Wildman–Crippen LogP) is 3.39. The van der Waals surface area contributed by atoms with Crippen molar-refractivity contribution in [3.63, 3.8) is 0 Å². The summed E-state index contributed by atoms with van der Waals surface area (Å²) < 4.78 is 0. The van der Waals surface area contributed by atoms with Crippen molar-refractivity contribution in [2.24, 2.45) is 4.99 Å². The average molecular weight is 490 g/mol. The van der Waals surface area contributed by atoms with Gasteiger partial charge in [-0.2, -0.15) is 11.8 Å². The van der Waals surface area contributed by atoms with Crippen LogP contribution in [0, 0.1) is 0 Å². The zero-order valence-electron chi connectivity index (χ0n) is 15.9. The number of nitrogens with zero attached hydrogens (tertiary/aromatic N) is 1. The Labute approximate surface area is 178 Å². The van der Waals surface area contributed by atoms with Crippen LogP contribution < -0.4 is 16.0 Å². The third kappa shape index (κ3) is 7.73. The van der Waals surface area contributed by atoms with Crippen LogP contribution in [0.4, 0.5) is 0 Å². The van der Waals surface area contributed by atoms with Crippen LogP contribution >= 0.6 is 35.7 Å². The van der Waals surface area contributed by atoms with E-state index in [1.165, 1.54) is 18.6 Å². The molecule has 7 heteroatoms. The standard InChI is InChI=1S/C19H30N4OS.HI/c1-4-14(2)23-18(24)16-8-5-7-15(11-16)12-21-19(20-3)22-13-17-9-6-10-25-17;/h5,7-8,11,14,17H,4,6,9-10,12-13H2,1-3H3,(H,23,24)(H2,20,21,22);1H. The van der Waals surface area contributed by atoms with E-state index in [2.05, 4.69) is 27.9 Å². The van der Waals surface area contributed by atoms with E-state index in [-0.39, 0.29) is 35.9 Å². The molecule has 0 saturated carbocycles. The first kappa shape index (κ1) is 23.1. The molecule has 1 aromatic carbocycles. The lowest BCUT2D eigenvalue weighted by atomic mass is 10.1. The molecule has 0 aromatic heterocycles. The van der Waals surface area contributed by atoms with Crippen LogP contribution in [-0.2, 0) is 6.54 Å². The van der Waals surface area contributed by atoms with Gasteiger partial charge in [0.05, 0.1) is 0 Å². The first-order chi connectivity index (χ1) is 12.1. The van der Waals surface area contributed by atoms with Crippen LogP contribution in [0.3, 0.4) is 0 Å². The Morgan fingerprint density at radius 1 is 1.38 bits per heavy atom. The van der Waals surface area contributed by atoms with Crippen molar-refractivity contribution in [1.82, 2.24) is 16.0 Å². The molecule has 2 atom stereocenters. The first-order valence-electron chi connectivity index (χ1n) is 9.08. The minimum atomic E-state index is -0.0167. The van der Waals surface area contributed by atoms with Gasteiger partial charge in [0.15, 0.2) is 5.96 Å². The third-order valence-corrected chi connectivity index (χ3v) is 5.78. The Kier molecular flexibility index (Phi) is 11.0. The summed E-state index contributed by atoms with van der Waals surface area (Å²) >= 11 is 2.03. The van der Waals surface area contributed by atoms with E-state index in [9.17, 15) is 4.79 Å². The second-order valence-electron chi connectivity index (χ2n) is 6.42. The molecule has 1 aromatic rings. The summed E-state index contributed by atoms with van der Waals surface area (Å²) in [5.41, 5.74) is 1.76. The number of carbonyl (C=O) groups is 1. The Morgan fingerprint density at radius 3 is 2.85 bits per heavy atom. The molecule has 1 aliphatic rings. The maximum Gasteiger partial charge on any atom is 0.251 e. The van der Waals surface area contributed by atoms with Crippen LogP contribution in [0.25, 0.3) is 0 Å². The third-order valence-electron chi connectivity index (χ3n) is 4.38. The van der Waals surface area contributed by atoms with Crippen LogP contribution in [0.5, 0.6) is 0 Å². The maximum absolute atomic E-state index is 12.2. The van der Waals surface area contributed by atoms with Crippen LogP contribution in [-0.4, -0.2) is 42.5 Å². The zero-order valence-corrected chi connectivity index (χ0v) is 19.0. The summed E-state index contributed by atoms with van der Waals surface area (Å²) in [5.74, 6) is 2.06. The van der Waals surface area contributed by atoms with Gasteiger partial charge in [-0.3, -0.25) is 9.79 Å². The fourth-order valence-electron chi connectivity index (χ4n) is 2.65. The number of halogens is 1. The molecule has 0 radical (unpaired) electrons. The number of hydrogen-bond donors (Lipinski definition) is 3. The van der Waals surface area contributed by atoms with Crippen molar-refractivity contribution < 1.29 is 4.79 Å². The summed E-state index contributed by atoms with van der Waals surface area (Å²) in [6.45, 7) is 5.67. The fourth-order valence-corrected chi connectivity index (χ4v) is 3.86. The summed E-state index contributed by atoms with van der Waals surface area (Å²) in [6.07, 6.45) is 3.52. The Bertz CT molecular complexity index is 591. The lowest BCUT2D eigenvalue weighted by Crippen LogP contribution is -2.39. The topological polar surface area (TPSA) is 65.5 Å². The largest absolute Gasteiger partial charge is 0.355 e. The van der Waals surface area contributed by atoms with E-state index in [0.717, 1.165) is 24.5 Å². The summed E-state index contributed by atoms with van der Waals surface area (Å²) in [6, 6.07) is 7.92. The van der Waals surface area contributed by atoms with Gasteiger partial charge in [0.1, 0.15) is 0 Å². The molecule has 26 heavy (non-hydrogen) atoms. The van der Waals surface area contributed by atoms with E-state index in [1.54, 1.807) is 7.05 Å². The number of amides is 1. The van der Waals surface area contributed by atoms with Crippen molar-refractivity contribution in [2.45, 2.75) is 50.9 Å². The molecule has 1 heterocycles. The maximum atomic E-state index is 12.2. The number of thioether (sulfide) groups is 1. The van der Waals surface area contributed by atoms with Gasteiger partial charge in [-0.15, -0.1) is 24.0 Å². The summed E-state index contributed by atoms with van der Waals surface area (Å²) in [7, 11) is 1.78. The van der Waals surface area contributed by atoms with Crippen molar-refractivity contribution in [1.29, 1.82) is 0 Å². The molecule has 5 nitrogen and oxygen atoms in total. The van der Waals surface area contributed by atoms with Crippen molar-refractivity contribution in [3.8, 4) is 0 Å². The zero-order chi connectivity index (χ0) is 18.1. The smallest absolute Gasteiger partial charge is 0.251 e. The highest BCUT2D eigenvalue weighted by Crippen LogP contribution is 2.25. The van der Waals surface area contributed by atoms with Crippen molar-refractivity contribution >= 4 is 47.6 Å². The Hall–Kier alpha value is -0.960. The number of aliphatic imine (C=N–C) groups is 1. The monoisotopic (exact) mass is 490 g/mol. The summed E-state index contributed by atoms with van der Waals surface area (Å²) in [4.78, 5) is 16.5. The molecule has 146 valence electrons. The van der Waals surface area contributed by atoms with Crippen LogP contribution in [0.2, 0.25) is 0 Å². The van der Waals surface area contributed by atoms with Gasteiger partial charge in [-0.25, -0.2) is 0 Å². The van der Waals surface area contributed by atoms with E-state index in [4.69, 9.17) is 0 Å². The molecule has 1 fully saturated rings. The molecule has 0 bridgehead atoms. The quantitative estimate of drug-likeness (QED) is 0.312. The predicted molar refractivity (Wildman–Crippen MR) is 123 cm³/mol. The second kappa shape index (κ2) is 12.4. The number of benzene rings is 1. The highest BCUT2D eigenvalue weighted by atomic mass is 127. The SMILES string of the molecule is CCC(C)NC(=O)c1cccc(CNC(=NC)NCC2CCCS2)c1.I. The van der Waals surface area contributed by atoms with E-state index >= 15 is 0 Å². The van der Waals surface area contributed by atoms with Gasteiger partial charge >= 0.3 is 0 Å². The molecule has 2 unspecified atom stereocenters. The average Bonchev–Trinajstić information content (AvgIpc) is 3.15. The van der Waals surface area contributed by atoms with Crippen LogP contribution in [0.1, 0.15) is 49.0 Å². The molecule has 3 N–H and O–H groups in total. The second-order valence-corrected chi connectivity index (χ2v) is 7.83. The molecule has 1 saturated heterocycles. The van der Waals surface area contributed by atoms with Gasteiger partial charge in [-0.1, -0.05) is 19.1 Å². The van der Waals surface area contributed by atoms with E-state index in [1.807, 2.05) is 43.0 Å². The van der Waals surface area contributed by atoms with Gasteiger partial charge in [0.2, 0.25) is 0 Å². The molecule has 0 spiro atoms. The summed E-state index contributed by atoms with van der Waals surface area (Å²) in [5, 5.41) is 10.4. The van der Waals surface area contributed by atoms with Crippen molar-refractivity contribution in [3.05, 3.63) is 35.4 Å². The molecule has 2 rings (SSSR count). The fraction of sp³-hybridized carbons (Fsp3) is 0.579. The van der Waals surface area contributed by atoms with E-state index in [0.29, 0.717) is 17.4 Å². The van der Waals surface area contributed by atoms with Gasteiger partial charge in [0, 0.05) is 37.0 Å². The molecule has 1 amide bonds. The highest BCUT2D eigenvalue weighted by Gasteiger charge is 2.15. The van der Waals surface area contributed by atoms with Crippen molar-refractivity contribution in [2.75, 3.05) is 19.3 Å². The van der Waals surface area contributed by atoms with E-state index < -0.39 is 0 Å². The number of hydrogen-bond acceptors (Lipinski definition) is 3. The first-order valence-corrected chi connectivity index (χ1v) is 10.1. The van der Waals surface area contributed by atoms with Gasteiger partial charge in [-0.05, 0) is 49.6 Å². The minimum absolute atomic E-state index is 0. The number of rotatable bonds is 7. The molecular weight excluding hydrogens is 459 g/mol. The Balaban J connectivity index is 0.00000338. The van der Waals surface area contributed by atoms with Crippen LogP contribution in [0.15, 0.2) is 29.3 Å². The molecular formula is C19H31IN4OS. The molecule has 0 aliphatic carbocycles. The number of nitrogens with one attached hydrogen (secondary N) is 3. The lowest BCUT2D eigenvalue weighted by molar-refractivity contribution is 0.0939. The molecule has 1 aliphatic heterocycles.